The average molecular weight is 581 g/mol. The van der Waals surface area contributed by atoms with Crippen LogP contribution in [0.15, 0.2) is 42.5 Å². The van der Waals surface area contributed by atoms with Crippen molar-refractivity contribution >= 4 is 17.7 Å². The quantitative estimate of drug-likeness (QED) is 0.510. The van der Waals surface area contributed by atoms with Crippen LogP contribution in [0.25, 0.3) is 0 Å². The molecule has 11 nitrogen and oxygen atoms in total. The molecule has 2 aliphatic heterocycles. The summed E-state index contributed by atoms with van der Waals surface area (Å²) in [5.41, 5.74) is 1.82. The summed E-state index contributed by atoms with van der Waals surface area (Å²) >= 11 is 0. The zero-order valence-corrected chi connectivity index (χ0v) is 24.3. The lowest BCUT2D eigenvalue weighted by atomic mass is 10.1. The summed E-state index contributed by atoms with van der Waals surface area (Å²) in [4.78, 5) is 42.5. The van der Waals surface area contributed by atoms with Crippen LogP contribution in [-0.2, 0) is 36.9 Å². The van der Waals surface area contributed by atoms with E-state index in [4.69, 9.17) is 18.9 Å². The second kappa shape index (κ2) is 14.0. The predicted molar refractivity (Wildman–Crippen MR) is 154 cm³/mol. The first kappa shape index (κ1) is 29.8. The van der Waals surface area contributed by atoms with Gasteiger partial charge in [-0.05, 0) is 54.7 Å². The molecule has 0 radical (unpaired) electrons. The van der Waals surface area contributed by atoms with Crippen LogP contribution >= 0.6 is 0 Å². The maximum Gasteiger partial charge on any atom is 0.239 e. The Bertz CT molecular complexity index is 1270. The topological polar surface area (TPSA) is 119 Å². The van der Waals surface area contributed by atoms with Crippen LogP contribution < -0.4 is 20.1 Å². The van der Waals surface area contributed by atoms with Crippen molar-refractivity contribution in [1.29, 1.82) is 0 Å². The number of hydrogen-bond donors (Lipinski definition) is 2. The normalized spacial score (nSPS) is 21.9. The summed E-state index contributed by atoms with van der Waals surface area (Å²) in [7, 11) is 3.15. The molecule has 3 amide bonds. The third kappa shape index (κ3) is 8.21. The van der Waals surface area contributed by atoms with Crippen LogP contribution in [-0.4, -0.2) is 99.3 Å². The highest BCUT2D eigenvalue weighted by molar-refractivity contribution is 5.85. The number of carbonyl (C=O) groups is 3. The van der Waals surface area contributed by atoms with Gasteiger partial charge in [-0.2, -0.15) is 0 Å². The van der Waals surface area contributed by atoms with E-state index < -0.39 is 0 Å². The van der Waals surface area contributed by atoms with Gasteiger partial charge in [-0.25, -0.2) is 0 Å². The van der Waals surface area contributed by atoms with Crippen LogP contribution in [0.5, 0.6) is 17.2 Å². The maximum absolute atomic E-state index is 13.2. The Morgan fingerprint density at radius 3 is 2.71 bits per heavy atom. The zero-order chi connectivity index (χ0) is 29.5. The highest BCUT2D eigenvalue weighted by Gasteiger charge is 2.36. The van der Waals surface area contributed by atoms with Gasteiger partial charge in [0.2, 0.25) is 17.7 Å². The Hall–Kier alpha value is -3.67. The van der Waals surface area contributed by atoms with E-state index in [0.717, 1.165) is 24.0 Å². The number of rotatable bonds is 7. The minimum atomic E-state index is -0.342. The van der Waals surface area contributed by atoms with Crippen molar-refractivity contribution in [2.24, 2.45) is 0 Å². The number of likely N-dealkylation sites (tertiary alicyclic amines) is 1. The summed E-state index contributed by atoms with van der Waals surface area (Å²) in [5.74, 6) is 1.32. The number of carbonyl (C=O) groups excluding carboxylic acids is 3. The van der Waals surface area contributed by atoms with E-state index >= 15 is 0 Å². The number of methoxy groups -OCH3 is 2. The SMILES string of the molecule is COCCN1CC(=O)N[C@H]2CN(CC(=O)NC3CC3)C[C@@H]2OCc2cccc(c2)Oc2cc(ccc2OC)CCC1=O. The number of amides is 3. The van der Waals surface area contributed by atoms with Crippen LogP contribution in [0, 0.1) is 0 Å². The average Bonchev–Trinajstić information content (AvgIpc) is 3.71. The van der Waals surface area contributed by atoms with Gasteiger partial charge in [-0.15, -0.1) is 0 Å². The molecule has 4 bridgehead atoms. The Morgan fingerprint density at radius 1 is 1.07 bits per heavy atom. The summed E-state index contributed by atoms with van der Waals surface area (Å²) in [6.07, 6.45) is 2.40. The van der Waals surface area contributed by atoms with Crippen LogP contribution in [0.4, 0.5) is 0 Å². The lowest BCUT2D eigenvalue weighted by Crippen LogP contribution is -2.49. The van der Waals surface area contributed by atoms with E-state index in [1.165, 1.54) is 4.90 Å². The molecule has 2 fully saturated rings. The van der Waals surface area contributed by atoms with E-state index in [2.05, 4.69) is 10.6 Å². The van der Waals surface area contributed by atoms with E-state index in [1.54, 1.807) is 14.2 Å². The van der Waals surface area contributed by atoms with Gasteiger partial charge < -0.3 is 34.5 Å². The fourth-order valence-corrected chi connectivity index (χ4v) is 5.31. The van der Waals surface area contributed by atoms with Crippen LogP contribution in [0.3, 0.4) is 0 Å². The number of benzene rings is 2. The lowest BCUT2D eigenvalue weighted by molar-refractivity contribution is -0.137. The molecule has 42 heavy (non-hydrogen) atoms. The van der Waals surface area contributed by atoms with Gasteiger partial charge in [-0.3, -0.25) is 19.3 Å². The van der Waals surface area contributed by atoms with Crippen molar-refractivity contribution in [2.45, 2.75) is 50.5 Å². The van der Waals surface area contributed by atoms with E-state index in [9.17, 15) is 14.4 Å². The number of nitrogens with zero attached hydrogens (tertiary/aromatic N) is 2. The van der Waals surface area contributed by atoms with Gasteiger partial charge in [0.25, 0.3) is 0 Å². The summed E-state index contributed by atoms with van der Waals surface area (Å²) in [6, 6.07) is 13.2. The first-order valence-corrected chi connectivity index (χ1v) is 14.5. The Labute approximate surface area is 246 Å². The van der Waals surface area contributed by atoms with E-state index in [-0.39, 0.29) is 55.4 Å². The molecule has 0 aromatic heterocycles. The summed E-state index contributed by atoms with van der Waals surface area (Å²) in [5, 5.41) is 6.11. The van der Waals surface area contributed by atoms with Crippen molar-refractivity contribution in [1.82, 2.24) is 20.4 Å². The van der Waals surface area contributed by atoms with Crippen molar-refractivity contribution in [3.8, 4) is 17.2 Å². The second-order valence-electron chi connectivity index (χ2n) is 11.1. The molecule has 1 aliphatic carbocycles. The second-order valence-corrected chi connectivity index (χ2v) is 11.1. The fourth-order valence-electron chi connectivity index (χ4n) is 5.31. The van der Waals surface area contributed by atoms with Gasteiger partial charge in [-0.1, -0.05) is 18.2 Å². The minimum absolute atomic E-state index is 0.0194. The fraction of sp³-hybridized carbons (Fsp3) is 0.516. The minimum Gasteiger partial charge on any atom is -0.493 e. The first-order chi connectivity index (χ1) is 20.4. The molecule has 5 rings (SSSR count). The highest BCUT2D eigenvalue weighted by Crippen LogP contribution is 2.33. The molecule has 2 heterocycles. The van der Waals surface area contributed by atoms with Crippen molar-refractivity contribution in [3.05, 3.63) is 53.6 Å². The first-order valence-electron chi connectivity index (χ1n) is 14.5. The third-order valence-corrected chi connectivity index (χ3v) is 7.70. The van der Waals surface area contributed by atoms with Crippen molar-refractivity contribution in [3.63, 3.8) is 0 Å². The Balaban J connectivity index is 1.38. The molecule has 2 N–H and O–H groups in total. The Kier molecular flexibility index (Phi) is 9.93. The molecule has 226 valence electrons. The van der Waals surface area contributed by atoms with Gasteiger partial charge in [0.1, 0.15) is 5.75 Å². The van der Waals surface area contributed by atoms with Crippen LogP contribution in [0.2, 0.25) is 0 Å². The molecule has 2 atom stereocenters. The molecule has 2 aromatic carbocycles. The zero-order valence-electron chi connectivity index (χ0n) is 24.3. The predicted octanol–water partition coefficient (Wildman–Crippen LogP) is 1.87. The molecular formula is C31H40N4O7. The van der Waals surface area contributed by atoms with E-state index in [0.29, 0.717) is 56.5 Å². The smallest absolute Gasteiger partial charge is 0.239 e. The number of nitrogens with one attached hydrogen (secondary N) is 2. The van der Waals surface area contributed by atoms with Gasteiger partial charge in [0.15, 0.2) is 11.5 Å². The van der Waals surface area contributed by atoms with Crippen molar-refractivity contribution < 1.29 is 33.3 Å². The molecular weight excluding hydrogens is 540 g/mol. The number of hydrogen-bond acceptors (Lipinski definition) is 8. The van der Waals surface area contributed by atoms with Crippen LogP contribution in [0.1, 0.15) is 30.4 Å². The molecule has 3 aliphatic rings. The van der Waals surface area contributed by atoms with Gasteiger partial charge >= 0.3 is 0 Å². The number of ether oxygens (including phenoxy) is 4. The monoisotopic (exact) mass is 580 g/mol. The molecule has 0 unspecified atom stereocenters. The van der Waals surface area contributed by atoms with Gasteiger partial charge in [0, 0.05) is 39.2 Å². The van der Waals surface area contributed by atoms with Crippen molar-refractivity contribution in [2.75, 3.05) is 53.6 Å². The molecule has 11 heteroatoms. The highest BCUT2D eigenvalue weighted by atomic mass is 16.5. The molecule has 1 saturated carbocycles. The lowest BCUT2D eigenvalue weighted by Gasteiger charge is -2.25. The third-order valence-electron chi connectivity index (χ3n) is 7.70. The molecule has 1 saturated heterocycles. The number of aryl methyl sites for hydroxylation is 1. The summed E-state index contributed by atoms with van der Waals surface area (Å²) < 4.78 is 23.3. The standard InChI is InChI=1S/C31H40N4O7/c1-39-13-12-35-19-30(37)33-25-16-34(18-29(36)32-23-8-9-23)17-28(25)41-20-22-4-3-5-24(14-22)42-27-15-21(7-11-31(35)38)6-10-26(27)40-2/h3-6,10,14-15,23,25,28H,7-9,11-13,16-20H2,1-2H3,(H,32,36)(H,33,37)/t25-,28-/m0/s1. The van der Waals surface area contributed by atoms with Gasteiger partial charge in [0.05, 0.1) is 45.6 Å². The molecule has 0 spiro atoms. The van der Waals surface area contributed by atoms with E-state index in [1.807, 2.05) is 47.4 Å². The largest absolute Gasteiger partial charge is 0.493 e. The number of fused-ring (bicyclic) bond motifs is 5. The Morgan fingerprint density at radius 2 is 1.93 bits per heavy atom. The maximum atomic E-state index is 13.2. The molecule has 2 aromatic rings. The summed E-state index contributed by atoms with van der Waals surface area (Å²) in [6.45, 7) is 2.03.